The number of oxime groups is 1. The van der Waals surface area contributed by atoms with Crippen molar-refractivity contribution in [2.45, 2.75) is 18.3 Å². The van der Waals surface area contributed by atoms with Crippen LogP contribution >= 0.6 is 23.1 Å². The molecule has 168 valence electrons. The van der Waals surface area contributed by atoms with Crippen molar-refractivity contribution in [3.8, 4) is 6.07 Å². The van der Waals surface area contributed by atoms with Gasteiger partial charge in [-0.3, -0.25) is 19.3 Å². The largest absolute Gasteiger partial charge is 1.00 e. The van der Waals surface area contributed by atoms with Crippen molar-refractivity contribution in [1.82, 2.24) is 15.2 Å². The second kappa shape index (κ2) is 11.5. The van der Waals surface area contributed by atoms with Gasteiger partial charge in [-0.2, -0.15) is 5.26 Å². The van der Waals surface area contributed by atoms with Gasteiger partial charge in [-0.25, -0.2) is 4.98 Å². The van der Waals surface area contributed by atoms with E-state index in [2.05, 4.69) is 15.5 Å². The van der Waals surface area contributed by atoms with Crippen molar-refractivity contribution >= 4 is 57.7 Å². The maximum absolute atomic E-state index is 12.8. The molecule has 1 saturated heterocycles. The number of nitriles is 1. The molecular formula is C17H15N6NaO7S2. The molecule has 2 amide bonds. The first-order valence-corrected chi connectivity index (χ1v) is 10.8. The fraction of sp³-hybridized carbons (Fsp3) is 0.353. The Morgan fingerprint density at radius 1 is 1.48 bits per heavy atom. The number of aliphatic carboxylic acids is 1. The Bertz CT molecular complexity index is 1080. The van der Waals surface area contributed by atoms with Gasteiger partial charge in [0.15, 0.2) is 10.8 Å². The van der Waals surface area contributed by atoms with Crippen LogP contribution in [0.2, 0.25) is 0 Å². The number of rotatable bonds is 8. The van der Waals surface area contributed by atoms with E-state index in [1.807, 2.05) is 0 Å². The Morgan fingerprint density at radius 2 is 2.21 bits per heavy atom. The number of esters is 1. The molecule has 0 spiro atoms. The van der Waals surface area contributed by atoms with Crippen LogP contribution in [0.5, 0.6) is 0 Å². The Hall–Kier alpha value is -2.64. The monoisotopic (exact) mass is 502 g/mol. The third kappa shape index (κ3) is 5.84. The summed E-state index contributed by atoms with van der Waals surface area (Å²) in [6, 6.07) is 0.636. The average molecular weight is 502 g/mol. The van der Waals surface area contributed by atoms with E-state index < -0.39 is 41.8 Å². The van der Waals surface area contributed by atoms with E-state index in [1.165, 1.54) is 24.1 Å². The number of hydrogen-bond donors (Lipinski definition) is 2. The summed E-state index contributed by atoms with van der Waals surface area (Å²) in [5.41, 5.74) is 5.20. The van der Waals surface area contributed by atoms with Crippen molar-refractivity contribution in [2.24, 2.45) is 5.16 Å². The molecule has 2 aliphatic heterocycles. The molecule has 1 aromatic heterocycles. The molecule has 16 heteroatoms. The molecule has 1 fully saturated rings. The van der Waals surface area contributed by atoms with Crippen LogP contribution < -0.4 is 45.7 Å². The summed E-state index contributed by atoms with van der Waals surface area (Å²) in [5, 5.41) is 27.2. The number of anilines is 1. The van der Waals surface area contributed by atoms with Crippen LogP contribution in [0.1, 0.15) is 12.6 Å². The molecule has 0 aromatic carbocycles. The molecule has 2 atom stereocenters. The van der Waals surface area contributed by atoms with Gasteiger partial charge in [0.05, 0.1) is 11.7 Å². The summed E-state index contributed by atoms with van der Waals surface area (Å²) in [6.45, 7) is 0.459. The number of carbonyl (C=O) groups excluding carboxylic acids is 4. The van der Waals surface area contributed by atoms with Gasteiger partial charge in [-0.05, 0) is 0 Å². The second-order valence-corrected chi connectivity index (χ2v) is 8.32. The number of nitrogen functional groups attached to an aromatic ring is 1. The van der Waals surface area contributed by atoms with E-state index in [1.54, 1.807) is 6.07 Å². The van der Waals surface area contributed by atoms with Gasteiger partial charge in [0.1, 0.15) is 29.8 Å². The number of amides is 2. The number of hydrogen-bond acceptors (Lipinski definition) is 13. The molecule has 13 nitrogen and oxygen atoms in total. The Morgan fingerprint density at radius 3 is 2.79 bits per heavy atom. The van der Waals surface area contributed by atoms with Gasteiger partial charge in [0.25, 0.3) is 11.8 Å². The van der Waals surface area contributed by atoms with Gasteiger partial charge in [-0.15, -0.1) is 23.1 Å². The number of nitrogens with two attached hydrogens (primary N) is 1. The van der Waals surface area contributed by atoms with Crippen LogP contribution in [-0.4, -0.2) is 69.7 Å². The van der Waals surface area contributed by atoms with E-state index >= 15 is 0 Å². The number of β-lactam (4-membered cyclic amide) rings is 1. The molecule has 0 aliphatic carbocycles. The van der Waals surface area contributed by atoms with E-state index in [9.17, 15) is 24.3 Å². The average Bonchev–Trinajstić information content (AvgIpc) is 3.18. The number of ether oxygens (including phenoxy) is 1. The molecule has 0 radical (unpaired) electrons. The van der Waals surface area contributed by atoms with Gasteiger partial charge in [0.2, 0.25) is 6.61 Å². The van der Waals surface area contributed by atoms with Crippen LogP contribution in [0.3, 0.4) is 0 Å². The fourth-order valence-electron chi connectivity index (χ4n) is 2.91. The predicted octanol–water partition coefficient (Wildman–Crippen LogP) is -5.06. The van der Waals surface area contributed by atoms with E-state index in [0.717, 1.165) is 16.2 Å². The normalized spacial score (nSPS) is 19.5. The summed E-state index contributed by atoms with van der Waals surface area (Å²) in [5.74, 6) is -3.57. The van der Waals surface area contributed by atoms with Gasteiger partial charge < -0.3 is 30.5 Å². The number of carboxylic acids is 1. The number of aromatic nitrogens is 1. The topological polar surface area (TPSA) is 200 Å². The van der Waals surface area contributed by atoms with Gasteiger partial charge >= 0.3 is 35.5 Å². The minimum Gasteiger partial charge on any atom is -0.543 e. The first kappa shape index (κ1) is 26.6. The summed E-state index contributed by atoms with van der Waals surface area (Å²) >= 11 is 2.23. The molecule has 0 bridgehead atoms. The molecule has 2 aliphatic rings. The summed E-state index contributed by atoms with van der Waals surface area (Å²) < 4.78 is 4.85. The number of carboxylic acid groups (broad SMARTS) is 1. The van der Waals surface area contributed by atoms with Crippen LogP contribution in [0.4, 0.5) is 5.13 Å². The number of thioether (sulfide) groups is 1. The Balaban J connectivity index is 0.00000385. The zero-order valence-corrected chi connectivity index (χ0v) is 21.0. The number of fused-ring (bicyclic) bond motifs is 1. The van der Waals surface area contributed by atoms with Crippen molar-refractivity contribution in [3.05, 3.63) is 22.3 Å². The third-order valence-electron chi connectivity index (χ3n) is 4.24. The maximum Gasteiger partial charge on any atom is 1.00 e. The van der Waals surface area contributed by atoms with Crippen molar-refractivity contribution < 1.29 is 63.4 Å². The molecule has 3 rings (SSSR count). The van der Waals surface area contributed by atoms with Crippen molar-refractivity contribution in [1.29, 1.82) is 5.26 Å². The number of thiazole rings is 1. The second-order valence-electron chi connectivity index (χ2n) is 6.32. The van der Waals surface area contributed by atoms with Crippen LogP contribution in [0.25, 0.3) is 0 Å². The Kier molecular flexibility index (Phi) is 9.25. The molecule has 1 unspecified atom stereocenters. The molecule has 1 aromatic rings. The van der Waals surface area contributed by atoms with Crippen molar-refractivity contribution in [2.75, 3.05) is 24.7 Å². The first-order valence-electron chi connectivity index (χ1n) is 8.85. The van der Waals surface area contributed by atoms with Crippen LogP contribution in [-0.2, 0) is 28.8 Å². The smallest absolute Gasteiger partial charge is 0.543 e. The number of nitrogens with one attached hydrogen (secondary N) is 1. The Labute approximate surface area is 217 Å². The molecule has 3 N–H and O–H groups in total. The standard InChI is InChI=1S/C17H16N6O7S2.Na/c1-7(24)29-4-8-5-31-15-11(14(26)23(15)12(8)16(27)28)21-13(25)10(22-30-3-2-18)9-6-32-17(19)20-9;/h6,11,15H,3-5H2,1H3,(H2,19,20)(H,21,25)(H,27,28);/q;+1/p-1/t11?,15-;/m1./s1. The minimum absolute atomic E-state index is 0. The fourth-order valence-corrected chi connectivity index (χ4v) is 4.78. The van der Waals surface area contributed by atoms with E-state index in [0.29, 0.717) is 0 Å². The summed E-state index contributed by atoms with van der Waals surface area (Å²) in [6.07, 6.45) is 0. The van der Waals surface area contributed by atoms with E-state index in [-0.39, 0.29) is 69.7 Å². The van der Waals surface area contributed by atoms with E-state index in [4.69, 9.17) is 20.6 Å². The molecule has 0 saturated carbocycles. The summed E-state index contributed by atoms with van der Waals surface area (Å²) in [4.78, 5) is 57.8. The maximum atomic E-state index is 12.8. The minimum atomic E-state index is -1.60. The molecular weight excluding hydrogens is 487 g/mol. The van der Waals surface area contributed by atoms with Crippen LogP contribution in [0, 0.1) is 11.3 Å². The molecule has 3 heterocycles. The third-order valence-corrected chi connectivity index (χ3v) is 6.25. The van der Waals surface area contributed by atoms with Gasteiger partial charge in [0, 0.05) is 23.6 Å². The van der Waals surface area contributed by atoms with Gasteiger partial charge in [-0.1, -0.05) is 5.16 Å². The zero-order valence-electron chi connectivity index (χ0n) is 17.4. The zero-order chi connectivity index (χ0) is 23.4. The predicted molar refractivity (Wildman–Crippen MR) is 108 cm³/mol. The summed E-state index contributed by atoms with van der Waals surface area (Å²) in [7, 11) is 0. The molecule has 33 heavy (non-hydrogen) atoms. The first-order chi connectivity index (χ1) is 15.2. The SMILES string of the molecule is CC(=O)OCC1=C(C(=O)[O-])N2C(=O)C(NC(=O)C(=NOCC#N)c3csc(N)n3)[C@H]2SC1.[Na+]. The number of nitrogens with zero attached hydrogens (tertiary/aromatic N) is 4. The van der Waals surface area contributed by atoms with Crippen molar-refractivity contribution in [3.63, 3.8) is 0 Å². The van der Waals surface area contributed by atoms with Crippen LogP contribution in [0.15, 0.2) is 21.8 Å². The quantitative estimate of drug-likeness (QED) is 0.0860. The number of carbonyl (C=O) groups is 4.